The number of hydrogen-bond donors (Lipinski definition) is 0. The van der Waals surface area contributed by atoms with Crippen molar-refractivity contribution in [2.24, 2.45) is 5.92 Å². The zero-order valence-corrected chi connectivity index (χ0v) is 7.89. The van der Waals surface area contributed by atoms with E-state index in [-0.39, 0.29) is 11.9 Å². The highest BCUT2D eigenvalue weighted by molar-refractivity contribution is 5.71. The van der Waals surface area contributed by atoms with E-state index in [1.807, 2.05) is 13.8 Å². The van der Waals surface area contributed by atoms with Crippen molar-refractivity contribution in [1.29, 1.82) is 0 Å². The number of hydrogen-bond acceptors (Lipinski definition) is 2. The Bertz CT molecular complexity index is 106. The molecule has 2 heteroatoms. The average molecular weight is 158 g/mol. The van der Waals surface area contributed by atoms with Gasteiger partial charge in [0.05, 0.1) is 5.92 Å². The van der Waals surface area contributed by atoms with Crippen LogP contribution in [-0.4, -0.2) is 12.6 Å². The first-order valence-electron chi connectivity index (χ1n) is 3.96. The van der Waals surface area contributed by atoms with Crippen molar-refractivity contribution in [3.8, 4) is 0 Å². The minimum absolute atomic E-state index is 0.0371. The van der Waals surface area contributed by atoms with E-state index in [9.17, 15) is 4.79 Å². The normalized spacial score (nSPS) is 8.09. The van der Waals surface area contributed by atoms with Crippen LogP contribution in [0.3, 0.4) is 0 Å². The minimum atomic E-state index is -0.171. The smallest absolute Gasteiger partial charge is 0.308 e. The van der Waals surface area contributed by atoms with Crippen molar-refractivity contribution < 1.29 is 9.53 Å². The summed E-state index contributed by atoms with van der Waals surface area (Å²) in [5.74, 6) is -0.208. The van der Waals surface area contributed by atoms with Gasteiger partial charge in [-0.3, -0.25) is 4.79 Å². The second-order valence-corrected chi connectivity index (χ2v) is 2.07. The SMILES string of the molecule is C=CCOC(=O)C(C)C.CC. The summed E-state index contributed by atoms with van der Waals surface area (Å²) in [6.07, 6.45) is 1.56. The second-order valence-electron chi connectivity index (χ2n) is 2.07. The topological polar surface area (TPSA) is 26.3 Å². The third-order valence-corrected chi connectivity index (χ3v) is 0.815. The molecule has 0 aromatic rings. The third-order valence-electron chi connectivity index (χ3n) is 0.815. The van der Waals surface area contributed by atoms with Gasteiger partial charge in [-0.15, -0.1) is 0 Å². The molecule has 0 aliphatic rings. The van der Waals surface area contributed by atoms with Crippen LogP contribution in [0.2, 0.25) is 0 Å². The molecule has 0 aliphatic carbocycles. The van der Waals surface area contributed by atoms with Crippen LogP contribution in [-0.2, 0) is 9.53 Å². The molecule has 0 N–H and O–H groups in total. The fourth-order valence-corrected chi connectivity index (χ4v) is 0.308. The largest absolute Gasteiger partial charge is 0.461 e. The lowest BCUT2D eigenvalue weighted by atomic mass is 10.2. The number of carbonyl (C=O) groups excluding carboxylic acids is 1. The molecular formula is C9H18O2. The van der Waals surface area contributed by atoms with Gasteiger partial charge in [-0.1, -0.05) is 40.3 Å². The van der Waals surface area contributed by atoms with E-state index in [0.717, 1.165) is 0 Å². The Morgan fingerprint density at radius 1 is 1.55 bits per heavy atom. The molecule has 0 saturated carbocycles. The van der Waals surface area contributed by atoms with Crippen LogP contribution in [0.5, 0.6) is 0 Å². The van der Waals surface area contributed by atoms with Gasteiger partial charge in [0.2, 0.25) is 0 Å². The van der Waals surface area contributed by atoms with E-state index in [1.165, 1.54) is 0 Å². The molecule has 2 nitrogen and oxygen atoms in total. The maximum absolute atomic E-state index is 10.6. The lowest BCUT2D eigenvalue weighted by Gasteiger charge is -2.02. The lowest BCUT2D eigenvalue weighted by Crippen LogP contribution is -2.11. The van der Waals surface area contributed by atoms with Gasteiger partial charge < -0.3 is 4.74 Å². The van der Waals surface area contributed by atoms with Crippen molar-refractivity contribution in [2.75, 3.05) is 6.61 Å². The molecule has 11 heavy (non-hydrogen) atoms. The van der Waals surface area contributed by atoms with Gasteiger partial charge in [0.1, 0.15) is 6.61 Å². The van der Waals surface area contributed by atoms with E-state index in [1.54, 1.807) is 19.9 Å². The van der Waals surface area contributed by atoms with E-state index < -0.39 is 0 Å². The maximum atomic E-state index is 10.6. The first kappa shape index (κ1) is 12.8. The number of esters is 1. The number of rotatable bonds is 3. The quantitative estimate of drug-likeness (QED) is 0.465. The molecule has 0 heterocycles. The lowest BCUT2D eigenvalue weighted by molar-refractivity contribution is -0.146. The van der Waals surface area contributed by atoms with Crippen LogP contribution < -0.4 is 0 Å². The molecule has 0 bridgehead atoms. The molecule has 66 valence electrons. The van der Waals surface area contributed by atoms with Gasteiger partial charge in [0.15, 0.2) is 0 Å². The number of carbonyl (C=O) groups is 1. The van der Waals surface area contributed by atoms with Gasteiger partial charge in [-0.05, 0) is 0 Å². The van der Waals surface area contributed by atoms with Gasteiger partial charge in [-0.2, -0.15) is 0 Å². The Hall–Kier alpha value is -0.790. The maximum Gasteiger partial charge on any atom is 0.308 e. The Morgan fingerprint density at radius 2 is 2.00 bits per heavy atom. The van der Waals surface area contributed by atoms with Crippen molar-refractivity contribution in [3.63, 3.8) is 0 Å². The van der Waals surface area contributed by atoms with Crippen LogP contribution in [0.1, 0.15) is 27.7 Å². The molecule has 0 atom stereocenters. The van der Waals surface area contributed by atoms with Crippen molar-refractivity contribution in [3.05, 3.63) is 12.7 Å². The molecule has 0 aromatic carbocycles. The molecule has 0 unspecified atom stereocenters. The van der Waals surface area contributed by atoms with Crippen molar-refractivity contribution >= 4 is 5.97 Å². The zero-order chi connectivity index (χ0) is 9.28. The Kier molecular flexibility index (Phi) is 10.8. The molecule has 0 spiro atoms. The molecule has 0 radical (unpaired) electrons. The monoisotopic (exact) mass is 158 g/mol. The molecule has 0 aromatic heterocycles. The molecule has 0 aliphatic heterocycles. The van der Waals surface area contributed by atoms with E-state index in [0.29, 0.717) is 6.61 Å². The zero-order valence-electron chi connectivity index (χ0n) is 7.89. The predicted molar refractivity (Wildman–Crippen MR) is 47.3 cm³/mol. The minimum Gasteiger partial charge on any atom is -0.461 e. The summed E-state index contributed by atoms with van der Waals surface area (Å²) in [4.78, 5) is 10.6. The van der Waals surface area contributed by atoms with E-state index in [4.69, 9.17) is 4.74 Å². The van der Waals surface area contributed by atoms with Gasteiger partial charge in [0.25, 0.3) is 0 Å². The van der Waals surface area contributed by atoms with Gasteiger partial charge >= 0.3 is 5.97 Å². The van der Waals surface area contributed by atoms with Crippen LogP contribution in [0.25, 0.3) is 0 Å². The molecule has 0 rings (SSSR count). The highest BCUT2D eigenvalue weighted by Gasteiger charge is 2.05. The summed E-state index contributed by atoms with van der Waals surface area (Å²) in [7, 11) is 0. The first-order valence-corrected chi connectivity index (χ1v) is 3.96. The van der Waals surface area contributed by atoms with E-state index >= 15 is 0 Å². The average Bonchev–Trinajstić information content (AvgIpc) is 2.03. The third kappa shape index (κ3) is 9.21. The van der Waals surface area contributed by atoms with Gasteiger partial charge in [0, 0.05) is 0 Å². The highest BCUT2D eigenvalue weighted by Crippen LogP contribution is 1.94. The molecular weight excluding hydrogens is 140 g/mol. The Morgan fingerprint density at radius 3 is 2.27 bits per heavy atom. The molecule has 0 fully saturated rings. The summed E-state index contributed by atoms with van der Waals surface area (Å²) in [5.41, 5.74) is 0. The fraction of sp³-hybridized carbons (Fsp3) is 0.667. The summed E-state index contributed by atoms with van der Waals surface area (Å²) >= 11 is 0. The fourth-order valence-electron chi connectivity index (χ4n) is 0.308. The van der Waals surface area contributed by atoms with Crippen molar-refractivity contribution in [1.82, 2.24) is 0 Å². The Balaban J connectivity index is 0. The Labute approximate surface area is 69.3 Å². The molecule has 0 saturated heterocycles. The van der Waals surface area contributed by atoms with Gasteiger partial charge in [-0.25, -0.2) is 0 Å². The standard InChI is InChI=1S/C7H12O2.C2H6/c1-4-5-9-7(8)6(2)3;1-2/h4,6H,1,5H2,2-3H3;1-2H3. The van der Waals surface area contributed by atoms with E-state index in [2.05, 4.69) is 6.58 Å². The molecule has 0 amide bonds. The summed E-state index contributed by atoms with van der Waals surface area (Å²) in [5, 5.41) is 0. The summed E-state index contributed by atoms with van der Waals surface area (Å²) < 4.78 is 4.70. The second kappa shape index (κ2) is 9.21. The predicted octanol–water partition coefficient (Wildman–Crippen LogP) is 2.40. The summed E-state index contributed by atoms with van der Waals surface area (Å²) in [6, 6.07) is 0. The van der Waals surface area contributed by atoms with Crippen molar-refractivity contribution in [2.45, 2.75) is 27.7 Å². The van der Waals surface area contributed by atoms with Crippen LogP contribution in [0.15, 0.2) is 12.7 Å². The van der Waals surface area contributed by atoms with Crippen LogP contribution >= 0.6 is 0 Å². The number of ether oxygens (including phenoxy) is 1. The van der Waals surface area contributed by atoms with Crippen LogP contribution in [0, 0.1) is 5.92 Å². The van der Waals surface area contributed by atoms with Crippen LogP contribution in [0.4, 0.5) is 0 Å². The first-order chi connectivity index (χ1) is 5.18. The summed E-state index contributed by atoms with van der Waals surface area (Å²) in [6.45, 7) is 11.3. The highest BCUT2D eigenvalue weighted by atomic mass is 16.5.